The molecule has 2 aromatic rings. The van der Waals surface area contributed by atoms with E-state index in [9.17, 15) is 15.3 Å². The Hall–Kier alpha value is -1.26. The molecule has 0 aromatic heterocycles. The van der Waals surface area contributed by atoms with Crippen LogP contribution < -0.4 is 0 Å². The molecule has 0 saturated carbocycles. The van der Waals surface area contributed by atoms with E-state index in [2.05, 4.69) is 5.32 Å². The molecule has 0 bridgehead atoms. The number of nitrogens with zero attached hydrogens (tertiary/aromatic N) is 2. The SMILES string of the molecule is Cc1c(O)ccc2ccc3c(c12)C(=O)[N-]C3=[N-].[Y]. The Bertz CT molecular complexity index is 695. The summed E-state index contributed by atoms with van der Waals surface area (Å²) in [5.41, 5.74) is 1.42. The predicted octanol–water partition coefficient (Wildman–Crippen LogP) is 2.69. The van der Waals surface area contributed by atoms with Crippen LogP contribution in [0.15, 0.2) is 24.3 Å². The summed E-state index contributed by atoms with van der Waals surface area (Å²) in [6.45, 7) is 1.74. The molecule has 0 saturated heterocycles. The summed E-state index contributed by atoms with van der Waals surface area (Å²) in [6, 6.07) is 6.79. The van der Waals surface area contributed by atoms with Crippen molar-refractivity contribution in [3.63, 3.8) is 0 Å². The molecular formula is C13H8N2O2Y-2. The maximum absolute atomic E-state index is 11.7. The topological polar surface area (TPSA) is 73.7 Å². The third-order valence-corrected chi connectivity index (χ3v) is 3.08. The van der Waals surface area contributed by atoms with E-state index in [1.165, 1.54) is 0 Å². The van der Waals surface area contributed by atoms with E-state index in [4.69, 9.17) is 0 Å². The summed E-state index contributed by atoms with van der Waals surface area (Å²) >= 11 is 0. The van der Waals surface area contributed by atoms with E-state index in [1.807, 2.05) is 0 Å². The van der Waals surface area contributed by atoms with Crippen LogP contribution in [-0.4, -0.2) is 16.8 Å². The number of aromatic hydroxyl groups is 1. The molecule has 0 atom stereocenters. The molecule has 1 aliphatic rings. The van der Waals surface area contributed by atoms with Crippen molar-refractivity contribution < 1.29 is 42.6 Å². The summed E-state index contributed by atoms with van der Waals surface area (Å²) in [6.07, 6.45) is 0. The van der Waals surface area contributed by atoms with Gasteiger partial charge in [-0.1, -0.05) is 23.8 Å². The van der Waals surface area contributed by atoms with Gasteiger partial charge in [0.25, 0.3) is 0 Å². The van der Waals surface area contributed by atoms with Crippen LogP contribution in [0.3, 0.4) is 0 Å². The number of benzene rings is 2. The third kappa shape index (κ3) is 1.68. The minimum atomic E-state index is -0.461. The van der Waals surface area contributed by atoms with E-state index >= 15 is 0 Å². The average molecular weight is 313 g/mol. The molecule has 0 aliphatic carbocycles. The molecule has 0 spiro atoms. The second kappa shape index (κ2) is 4.45. The van der Waals surface area contributed by atoms with Crippen molar-refractivity contribution in [3.8, 4) is 5.75 Å². The Morgan fingerprint density at radius 3 is 2.61 bits per heavy atom. The van der Waals surface area contributed by atoms with Crippen LogP contribution in [0.25, 0.3) is 21.5 Å². The molecular weight excluding hydrogens is 305 g/mol. The van der Waals surface area contributed by atoms with Gasteiger partial charge in [-0.05, 0) is 29.3 Å². The zero-order valence-electron chi connectivity index (χ0n) is 9.64. The van der Waals surface area contributed by atoms with Gasteiger partial charge in [0, 0.05) is 38.3 Å². The molecule has 87 valence electrons. The van der Waals surface area contributed by atoms with Gasteiger partial charge in [0.15, 0.2) is 0 Å². The molecule has 1 aliphatic heterocycles. The molecule has 5 heteroatoms. The Balaban J connectivity index is 0.00000120. The molecule has 18 heavy (non-hydrogen) atoms. The number of hydrogen-bond acceptors (Lipinski definition) is 2. The van der Waals surface area contributed by atoms with Gasteiger partial charge in [0.2, 0.25) is 0 Å². The van der Waals surface area contributed by atoms with Crippen molar-refractivity contribution in [2.24, 2.45) is 0 Å². The van der Waals surface area contributed by atoms with Crippen molar-refractivity contribution in [3.05, 3.63) is 51.7 Å². The first-order valence-corrected chi connectivity index (χ1v) is 5.17. The molecule has 1 heterocycles. The van der Waals surface area contributed by atoms with E-state index in [0.29, 0.717) is 22.1 Å². The van der Waals surface area contributed by atoms with Gasteiger partial charge in [0.05, 0.1) is 5.91 Å². The second-order valence-electron chi connectivity index (χ2n) is 4.04. The number of carbonyl (C=O) groups is 1. The maximum Gasteiger partial charge on any atom is 0.119 e. The Morgan fingerprint density at radius 1 is 1.22 bits per heavy atom. The second-order valence-corrected chi connectivity index (χ2v) is 4.04. The molecule has 0 fully saturated rings. The van der Waals surface area contributed by atoms with Gasteiger partial charge < -0.3 is 20.6 Å². The van der Waals surface area contributed by atoms with E-state index in [0.717, 1.165) is 5.39 Å². The smallest absolute Gasteiger partial charge is 0.119 e. The first-order chi connectivity index (χ1) is 8.09. The van der Waals surface area contributed by atoms with E-state index in [1.54, 1.807) is 31.2 Å². The summed E-state index contributed by atoms with van der Waals surface area (Å²) < 4.78 is 0. The van der Waals surface area contributed by atoms with E-state index < -0.39 is 5.91 Å². The van der Waals surface area contributed by atoms with Crippen LogP contribution in [0, 0.1) is 6.92 Å². The molecule has 0 unspecified atom stereocenters. The fourth-order valence-corrected chi connectivity index (χ4v) is 2.20. The minimum absolute atomic E-state index is 0. The Kier molecular flexibility index (Phi) is 3.26. The first kappa shape index (κ1) is 13.2. The normalized spacial score (nSPS) is 13.2. The van der Waals surface area contributed by atoms with E-state index in [-0.39, 0.29) is 44.3 Å². The largest absolute Gasteiger partial charge is 0.824 e. The predicted molar refractivity (Wildman–Crippen MR) is 65.5 cm³/mol. The fraction of sp³-hybridized carbons (Fsp3) is 0.0769. The summed E-state index contributed by atoms with van der Waals surface area (Å²) in [7, 11) is 0. The van der Waals surface area contributed by atoms with Gasteiger partial charge >= 0.3 is 0 Å². The van der Waals surface area contributed by atoms with Crippen LogP contribution in [-0.2, 0) is 32.7 Å². The molecule has 4 nitrogen and oxygen atoms in total. The number of phenolic OH excluding ortho intramolecular Hbond substituents is 1. The van der Waals surface area contributed by atoms with Crippen LogP contribution in [0.1, 0.15) is 21.5 Å². The van der Waals surface area contributed by atoms with Crippen LogP contribution in [0.2, 0.25) is 0 Å². The zero-order chi connectivity index (χ0) is 12.2. The third-order valence-electron chi connectivity index (χ3n) is 3.08. The van der Waals surface area contributed by atoms with Crippen molar-refractivity contribution >= 4 is 22.5 Å². The van der Waals surface area contributed by atoms with Gasteiger partial charge in [-0.25, -0.2) is 0 Å². The molecule has 2 aromatic carbocycles. The monoisotopic (exact) mass is 313 g/mol. The number of hydrogen-bond donors (Lipinski definition) is 1. The summed E-state index contributed by atoms with van der Waals surface area (Å²) in [5.74, 6) is -0.587. The Morgan fingerprint density at radius 2 is 1.89 bits per heavy atom. The molecule has 1 N–H and O–H groups in total. The molecule has 1 radical (unpaired) electrons. The number of rotatable bonds is 0. The first-order valence-electron chi connectivity index (χ1n) is 5.17. The maximum atomic E-state index is 11.7. The van der Waals surface area contributed by atoms with Crippen LogP contribution >= 0.6 is 0 Å². The number of aryl methyl sites for hydroxylation is 1. The number of phenols is 1. The van der Waals surface area contributed by atoms with Crippen LogP contribution in [0.5, 0.6) is 5.75 Å². The standard InChI is InChI=1S/C13H9N2O2.Y/c1-6-9(16)5-3-7-2-4-8-11(10(6)7)13(17)15-12(8)14;/h2-5H,1H3,(H2-,14,15,16,17);/q-1;/p-1. The number of amides is 1. The van der Waals surface area contributed by atoms with Crippen molar-refractivity contribution in [2.45, 2.75) is 6.92 Å². The van der Waals surface area contributed by atoms with Crippen molar-refractivity contribution in [1.82, 2.24) is 0 Å². The fourth-order valence-electron chi connectivity index (χ4n) is 2.20. The average Bonchev–Trinajstić information content (AvgIpc) is 2.60. The van der Waals surface area contributed by atoms with Crippen LogP contribution in [0.4, 0.5) is 0 Å². The molecule has 3 rings (SSSR count). The quantitative estimate of drug-likeness (QED) is 0.812. The van der Waals surface area contributed by atoms with Gasteiger partial charge in [-0.2, -0.15) is 0 Å². The molecule has 1 amide bonds. The van der Waals surface area contributed by atoms with Gasteiger partial charge in [0.1, 0.15) is 5.75 Å². The van der Waals surface area contributed by atoms with Crippen molar-refractivity contribution in [2.75, 3.05) is 0 Å². The minimum Gasteiger partial charge on any atom is -0.824 e. The number of amidine groups is 1. The summed E-state index contributed by atoms with van der Waals surface area (Å²) in [4.78, 5) is 11.7. The van der Waals surface area contributed by atoms with Crippen molar-refractivity contribution in [1.29, 1.82) is 0 Å². The summed E-state index contributed by atoms with van der Waals surface area (Å²) in [5, 5.41) is 24.3. The van der Waals surface area contributed by atoms with Gasteiger partial charge in [-0.3, -0.25) is 5.84 Å². The van der Waals surface area contributed by atoms with Gasteiger partial charge in [-0.15, -0.1) is 0 Å². The number of fused-ring (bicyclic) bond motifs is 3. The number of carbonyl (C=O) groups excluding carboxylic acids is 1. The Labute approximate surface area is 129 Å². The zero-order valence-corrected chi connectivity index (χ0v) is 12.5.